The number of nitrogens with one attached hydrogen (secondary N) is 1. The third kappa shape index (κ3) is 3.68. The van der Waals surface area contributed by atoms with Gasteiger partial charge in [-0.15, -0.1) is 22.8 Å². The van der Waals surface area contributed by atoms with Crippen molar-refractivity contribution >= 4 is 12.6 Å². The zero-order chi connectivity index (χ0) is 19.5. The lowest BCUT2D eigenvalue weighted by molar-refractivity contribution is 0.455. The molecule has 0 amide bonds. The van der Waals surface area contributed by atoms with Crippen LogP contribution in [0.2, 0.25) is 0 Å². The fourth-order valence-corrected chi connectivity index (χ4v) is 3.40. The van der Waals surface area contributed by atoms with Crippen LogP contribution >= 0.6 is 12.6 Å². The number of aromatic nitrogens is 7. The minimum Gasteiger partial charge on any atom is -0.246 e. The van der Waals surface area contributed by atoms with E-state index in [2.05, 4.69) is 87.5 Å². The number of rotatable bonds is 6. The van der Waals surface area contributed by atoms with Crippen LogP contribution in [-0.2, 0) is 6.42 Å². The lowest BCUT2D eigenvalue weighted by Crippen LogP contribution is -2.10. The summed E-state index contributed by atoms with van der Waals surface area (Å²) in [5.74, 6) is 1.59. The SMILES string of the molecule is CCC(C)n1nc(S)nc1Cc1ccc(-c2ccccc2-c2nnn[nH]2)cc1. The van der Waals surface area contributed by atoms with Gasteiger partial charge in [0.2, 0.25) is 5.16 Å². The van der Waals surface area contributed by atoms with E-state index < -0.39 is 0 Å². The van der Waals surface area contributed by atoms with Gasteiger partial charge in [0.05, 0.1) is 6.04 Å². The predicted molar refractivity (Wildman–Crippen MR) is 110 cm³/mol. The van der Waals surface area contributed by atoms with E-state index in [4.69, 9.17) is 0 Å². The summed E-state index contributed by atoms with van der Waals surface area (Å²) < 4.78 is 1.97. The lowest BCUT2D eigenvalue weighted by Gasteiger charge is -2.12. The van der Waals surface area contributed by atoms with Gasteiger partial charge in [0.1, 0.15) is 5.82 Å². The first-order valence-electron chi connectivity index (χ1n) is 9.22. The second-order valence-corrected chi connectivity index (χ2v) is 7.10. The smallest absolute Gasteiger partial charge is 0.205 e. The van der Waals surface area contributed by atoms with Crippen LogP contribution in [0.5, 0.6) is 0 Å². The number of tetrazole rings is 1. The van der Waals surface area contributed by atoms with Gasteiger partial charge < -0.3 is 0 Å². The van der Waals surface area contributed by atoms with Gasteiger partial charge >= 0.3 is 0 Å². The van der Waals surface area contributed by atoms with E-state index in [9.17, 15) is 0 Å². The van der Waals surface area contributed by atoms with Crippen molar-refractivity contribution < 1.29 is 0 Å². The van der Waals surface area contributed by atoms with Crippen molar-refractivity contribution in [3.63, 3.8) is 0 Å². The minimum atomic E-state index is 0.296. The van der Waals surface area contributed by atoms with E-state index in [1.807, 2.05) is 22.9 Å². The van der Waals surface area contributed by atoms with Crippen LogP contribution in [0, 0.1) is 0 Å². The Kier molecular flexibility index (Phi) is 5.21. The molecule has 1 unspecified atom stereocenters. The third-order valence-electron chi connectivity index (χ3n) is 4.85. The number of H-pyrrole nitrogens is 1. The highest BCUT2D eigenvalue weighted by Gasteiger charge is 2.14. The molecule has 0 spiro atoms. The van der Waals surface area contributed by atoms with E-state index in [1.165, 1.54) is 5.56 Å². The molecule has 0 saturated carbocycles. The van der Waals surface area contributed by atoms with Crippen molar-refractivity contribution in [1.29, 1.82) is 0 Å². The summed E-state index contributed by atoms with van der Waals surface area (Å²) in [5, 5.41) is 19.2. The maximum absolute atomic E-state index is 4.49. The van der Waals surface area contributed by atoms with Gasteiger partial charge in [-0.25, -0.2) is 14.8 Å². The molecule has 0 aliphatic rings. The van der Waals surface area contributed by atoms with Gasteiger partial charge in [-0.2, -0.15) is 0 Å². The van der Waals surface area contributed by atoms with Gasteiger partial charge in [-0.05, 0) is 40.5 Å². The number of hydrogen-bond donors (Lipinski definition) is 2. The van der Waals surface area contributed by atoms with E-state index in [0.717, 1.165) is 28.9 Å². The minimum absolute atomic E-state index is 0.296. The average Bonchev–Trinajstić information content (AvgIpc) is 3.38. The number of nitrogens with zero attached hydrogens (tertiary/aromatic N) is 6. The van der Waals surface area contributed by atoms with Crippen LogP contribution in [0.25, 0.3) is 22.5 Å². The number of hydrogen-bond acceptors (Lipinski definition) is 6. The second-order valence-electron chi connectivity index (χ2n) is 6.70. The number of aromatic amines is 1. The molecular formula is C20H21N7S. The highest BCUT2D eigenvalue weighted by atomic mass is 32.1. The summed E-state index contributed by atoms with van der Waals surface area (Å²) in [6.45, 7) is 4.29. The summed E-state index contributed by atoms with van der Waals surface area (Å²) in [6, 6.07) is 16.8. The summed E-state index contributed by atoms with van der Waals surface area (Å²) in [5.41, 5.74) is 4.33. The van der Waals surface area contributed by atoms with E-state index >= 15 is 0 Å². The lowest BCUT2D eigenvalue weighted by atomic mass is 9.98. The molecule has 4 rings (SSSR count). The molecule has 0 bridgehead atoms. The second kappa shape index (κ2) is 7.93. The molecule has 1 atom stereocenters. The molecule has 2 aromatic carbocycles. The topological polar surface area (TPSA) is 85.2 Å². The Morgan fingerprint density at radius 2 is 1.82 bits per heavy atom. The van der Waals surface area contributed by atoms with Crippen LogP contribution < -0.4 is 0 Å². The molecule has 0 aliphatic heterocycles. The highest BCUT2D eigenvalue weighted by molar-refractivity contribution is 7.80. The molecule has 2 heterocycles. The number of benzene rings is 2. The van der Waals surface area contributed by atoms with Crippen molar-refractivity contribution in [1.82, 2.24) is 35.4 Å². The zero-order valence-electron chi connectivity index (χ0n) is 15.7. The molecule has 7 nitrogen and oxygen atoms in total. The molecule has 142 valence electrons. The fourth-order valence-electron chi connectivity index (χ4n) is 3.19. The zero-order valence-corrected chi connectivity index (χ0v) is 16.6. The Labute approximate surface area is 168 Å². The predicted octanol–water partition coefficient (Wildman–Crippen LogP) is 3.98. The van der Waals surface area contributed by atoms with E-state index in [1.54, 1.807) is 0 Å². The van der Waals surface area contributed by atoms with Crippen LogP contribution in [0.15, 0.2) is 53.7 Å². The van der Waals surface area contributed by atoms with Gasteiger partial charge in [-0.3, -0.25) is 0 Å². The highest BCUT2D eigenvalue weighted by Crippen LogP contribution is 2.30. The van der Waals surface area contributed by atoms with Crippen molar-refractivity contribution in [2.45, 2.75) is 37.9 Å². The molecular weight excluding hydrogens is 370 g/mol. The first-order chi connectivity index (χ1) is 13.7. The molecule has 28 heavy (non-hydrogen) atoms. The van der Waals surface area contributed by atoms with Crippen molar-refractivity contribution in [2.24, 2.45) is 0 Å². The van der Waals surface area contributed by atoms with Crippen molar-refractivity contribution in [2.75, 3.05) is 0 Å². The maximum atomic E-state index is 4.49. The van der Waals surface area contributed by atoms with Gasteiger partial charge in [-0.1, -0.05) is 55.5 Å². The Balaban J connectivity index is 1.61. The Hall–Kier alpha value is -3.00. The third-order valence-corrected chi connectivity index (χ3v) is 5.04. The van der Waals surface area contributed by atoms with Crippen molar-refractivity contribution in [3.8, 4) is 22.5 Å². The van der Waals surface area contributed by atoms with Gasteiger partial charge in [0, 0.05) is 12.0 Å². The average molecular weight is 392 g/mol. The van der Waals surface area contributed by atoms with Crippen LogP contribution in [0.4, 0.5) is 0 Å². The van der Waals surface area contributed by atoms with E-state index in [0.29, 0.717) is 23.4 Å². The molecule has 0 fully saturated rings. The molecule has 1 N–H and O–H groups in total. The fraction of sp³-hybridized carbons (Fsp3) is 0.250. The molecule has 2 aromatic heterocycles. The summed E-state index contributed by atoms with van der Waals surface area (Å²) in [6.07, 6.45) is 1.71. The molecule has 0 aliphatic carbocycles. The van der Waals surface area contributed by atoms with Gasteiger partial charge in [0.15, 0.2) is 5.82 Å². The normalized spacial score (nSPS) is 12.2. The monoisotopic (exact) mass is 391 g/mol. The molecule has 0 radical (unpaired) electrons. The van der Waals surface area contributed by atoms with Crippen LogP contribution in [0.3, 0.4) is 0 Å². The summed E-state index contributed by atoms with van der Waals surface area (Å²) >= 11 is 4.32. The first kappa shape index (κ1) is 18.4. The van der Waals surface area contributed by atoms with Crippen molar-refractivity contribution in [3.05, 3.63) is 59.9 Å². The quantitative estimate of drug-likeness (QED) is 0.486. The summed E-state index contributed by atoms with van der Waals surface area (Å²) in [7, 11) is 0. The van der Waals surface area contributed by atoms with Crippen LogP contribution in [0.1, 0.15) is 37.7 Å². The maximum Gasteiger partial charge on any atom is 0.205 e. The first-order valence-corrected chi connectivity index (χ1v) is 9.67. The molecule has 0 saturated heterocycles. The van der Waals surface area contributed by atoms with Crippen LogP contribution in [-0.4, -0.2) is 35.4 Å². The Morgan fingerprint density at radius 3 is 2.50 bits per heavy atom. The molecule has 4 aromatic rings. The number of thiol groups is 1. The Morgan fingerprint density at radius 1 is 1.07 bits per heavy atom. The van der Waals surface area contributed by atoms with E-state index in [-0.39, 0.29) is 0 Å². The van der Waals surface area contributed by atoms with Gasteiger partial charge in [0.25, 0.3) is 0 Å². The standard InChI is InChI=1S/C20H21N7S/c1-3-13(2)27-18(21-20(28)24-27)12-14-8-10-15(11-9-14)16-6-4-5-7-17(16)19-22-25-26-23-19/h4-11,13H,3,12H2,1-2H3,(H,24,28)(H,22,23,25,26). The Bertz CT molecular complexity index is 1050. The largest absolute Gasteiger partial charge is 0.246 e. The molecule has 8 heteroatoms. The summed E-state index contributed by atoms with van der Waals surface area (Å²) in [4.78, 5) is 4.49.